The molecule has 2 saturated heterocycles. The molecule has 0 saturated carbocycles. The highest BCUT2D eigenvalue weighted by Crippen LogP contribution is 2.21. The van der Waals surface area contributed by atoms with Gasteiger partial charge in [-0.05, 0) is 31.4 Å². The number of rotatable bonds is 3. The van der Waals surface area contributed by atoms with Crippen LogP contribution in [0.25, 0.3) is 0 Å². The molecule has 2 aliphatic rings. The number of aromatic nitrogens is 1. The number of aryl methyl sites for hydroxylation is 1. The normalized spacial score (nSPS) is 21.1. The Hall–Kier alpha value is -1.66. The zero-order valence-electron chi connectivity index (χ0n) is 13.2. The predicted octanol–water partition coefficient (Wildman–Crippen LogP) is 1.21. The Morgan fingerprint density at radius 2 is 2.09 bits per heavy atom. The number of amides is 2. The summed E-state index contributed by atoms with van der Waals surface area (Å²) in [5.74, 6) is 0.668. The highest BCUT2D eigenvalue weighted by Gasteiger charge is 2.34. The second-order valence-corrected chi connectivity index (χ2v) is 6.19. The molecule has 0 bridgehead atoms. The van der Waals surface area contributed by atoms with Gasteiger partial charge in [-0.15, -0.1) is 12.4 Å². The van der Waals surface area contributed by atoms with Crippen molar-refractivity contribution in [2.45, 2.75) is 19.8 Å². The van der Waals surface area contributed by atoms with Gasteiger partial charge in [0.05, 0.1) is 11.8 Å². The van der Waals surface area contributed by atoms with Gasteiger partial charge in [0.2, 0.25) is 11.8 Å². The van der Waals surface area contributed by atoms with Crippen LogP contribution in [-0.4, -0.2) is 47.9 Å². The van der Waals surface area contributed by atoms with Crippen LogP contribution in [0.3, 0.4) is 0 Å². The summed E-state index contributed by atoms with van der Waals surface area (Å²) in [5.41, 5.74) is 1.06. The lowest BCUT2D eigenvalue weighted by atomic mass is 9.94. The van der Waals surface area contributed by atoms with E-state index in [1.54, 1.807) is 12.3 Å². The summed E-state index contributed by atoms with van der Waals surface area (Å²) < 4.78 is 0. The topological polar surface area (TPSA) is 74.3 Å². The second-order valence-electron chi connectivity index (χ2n) is 6.19. The number of carbonyl (C=O) groups excluding carboxylic acids is 2. The number of nitrogens with one attached hydrogen (secondary N) is 2. The lowest BCUT2D eigenvalue weighted by Crippen LogP contribution is -2.54. The highest BCUT2D eigenvalue weighted by molar-refractivity contribution is 5.92. The molecule has 0 aromatic carbocycles. The van der Waals surface area contributed by atoms with Gasteiger partial charge >= 0.3 is 0 Å². The number of nitrogens with zero attached hydrogens (tertiary/aromatic N) is 2. The van der Waals surface area contributed by atoms with Crippen LogP contribution in [0.1, 0.15) is 18.4 Å². The van der Waals surface area contributed by atoms with E-state index in [0.29, 0.717) is 12.4 Å². The lowest BCUT2D eigenvalue weighted by Gasteiger charge is -2.37. The molecule has 2 amide bonds. The van der Waals surface area contributed by atoms with Crippen LogP contribution >= 0.6 is 12.4 Å². The molecule has 7 heteroatoms. The van der Waals surface area contributed by atoms with Gasteiger partial charge in [-0.1, -0.05) is 6.07 Å². The van der Waals surface area contributed by atoms with Gasteiger partial charge in [-0.3, -0.25) is 9.59 Å². The minimum absolute atomic E-state index is 0. The maximum Gasteiger partial charge on any atom is 0.230 e. The maximum absolute atomic E-state index is 12.4. The van der Waals surface area contributed by atoms with Crippen LogP contribution < -0.4 is 10.6 Å². The number of likely N-dealkylation sites (tertiary alicyclic amines) is 1. The molecule has 23 heavy (non-hydrogen) atoms. The minimum atomic E-state index is -0.145. The summed E-state index contributed by atoms with van der Waals surface area (Å²) in [4.78, 5) is 30.7. The van der Waals surface area contributed by atoms with Gasteiger partial charge < -0.3 is 15.5 Å². The first-order chi connectivity index (χ1) is 10.6. The quantitative estimate of drug-likeness (QED) is 0.868. The Morgan fingerprint density at radius 3 is 2.70 bits per heavy atom. The van der Waals surface area contributed by atoms with Crippen LogP contribution in [0.4, 0.5) is 5.82 Å². The Labute approximate surface area is 142 Å². The van der Waals surface area contributed by atoms with Gasteiger partial charge in [-0.2, -0.15) is 0 Å². The van der Waals surface area contributed by atoms with E-state index in [9.17, 15) is 9.59 Å². The van der Waals surface area contributed by atoms with Crippen molar-refractivity contribution in [1.82, 2.24) is 15.2 Å². The molecule has 2 aliphatic heterocycles. The average Bonchev–Trinajstić information content (AvgIpc) is 2.48. The molecule has 2 fully saturated rings. The highest BCUT2D eigenvalue weighted by atomic mass is 35.5. The molecule has 0 radical (unpaired) electrons. The molecule has 0 aliphatic carbocycles. The molecule has 0 spiro atoms. The third-order valence-electron chi connectivity index (χ3n) is 4.40. The lowest BCUT2D eigenvalue weighted by molar-refractivity contribution is -0.140. The fourth-order valence-electron chi connectivity index (χ4n) is 2.88. The minimum Gasteiger partial charge on any atom is -0.342 e. The van der Waals surface area contributed by atoms with Crippen LogP contribution in [0.15, 0.2) is 18.3 Å². The van der Waals surface area contributed by atoms with Gasteiger partial charge in [0.1, 0.15) is 5.82 Å². The Kier molecular flexibility index (Phi) is 5.96. The van der Waals surface area contributed by atoms with Gasteiger partial charge in [0.25, 0.3) is 0 Å². The first kappa shape index (κ1) is 17.7. The van der Waals surface area contributed by atoms with Crippen molar-refractivity contribution in [3.63, 3.8) is 0 Å². The molecular formula is C16H23ClN4O2. The van der Waals surface area contributed by atoms with Crippen molar-refractivity contribution in [3.05, 3.63) is 23.9 Å². The fraction of sp³-hybridized carbons (Fsp3) is 0.562. The van der Waals surface area contributed by atoms with E-state index >= 15 is 0 Å². The molecule has 2 N–H and O–H groups in total. The molecule has 3 heterocycles. The number of halogens is 1. The summed E-state index contributed by atoms with van der Waals surface area (Å²) in [6, 6.07) is 3.72. The summed E-state index contributed by atoms with van der Waals surface area (Å²) in [6.45, 7) is 4.77. The van der Waals surface area contributed by atoms with Gasteiger partial charge in [0, 0.05) is 32.4 Å². The molecular weight excluding hydrogens is 316 g/mol. The third-order valence-corrected chi connectivity index (χ3v) is 4.40. The zero-order valence-corrected chi connectivity index (χ0v) is 14.1. The third kappa shape index (κ3) is 4.20. The van der Waals surface area contributed by atoms with E-state index < -0.39 is 0 Å². The van der Waals surface area contributed by atoms with Gasteiger partial charge in [-0.25, -0.2) is 4.98 Å². The van der Waals surface area contributed by atoms with Crippen LogP contribution in [0.2, 0.25) is 0 Å². The fourth-order valence-corrected chi connectivity index (χ4v) is 2.88. The molecule has 1 unspecified atom stereocenters. The Bertz CT molecular complexity index is 560. The van der Waals surface area contributed by atoms with Crippen LogP contribution in [0, 0.1) is 18.8 Å². The van der Waals surface area contributed by atoms with Crippen LogP contribution in [0.5, 0.6) is 0 Å². The van der Waals surface area contributed by atoms with E-state index in [0.717, 1.165) is 38.0 Å². The Balaban J connectivity index is 0.00000192. The predicted molar refractivity (Wildman–Crippen MR) is 90.5 cm³/mol. The van der Waals surface area contributed by atoms with Crippen molar-refractivity contribution in [3.8, 4) is 0 Å². The maximum atomic E-state index is 12.4. The van der Waals surface area contributed by atoms with Crippen molar-refractivity contribution in [2.75, 3.05) is 31.5 Å². The smallest absolute Gasteiger partial charge is 0.230 e. The molecule has 1 aromatic heterocycles. The Morgan fingerprint density at radius 1 is 1.30 bits per heavy atom. The van der Waals surface area contributed by atoms with Gasteiger partial charge in [0.15, 0.2) is 0 Å². The van der Waals surface area contributed by atoms with E-state index in [4.69, 9.17) is 0 Å². The summed E-state index contributed by atoms with van der Waals surface area (Å²) in [5, 5.41) is 5.97. The second kappa shape index (κ2) is 7.75. The SMILES string of the molecule is Cc1ccc(NC(=O)C2CCCN(C(=O)C3CNC3)C2)nc1.Cl. The van der Waals surface area contributed by atoms with E-state index in [-0.39, 0.29) is 36.1 Å². The summed E-state index contributed by atoms with van der Waals surface area (Å²) in [6.07, 6.45) is 3.44. The largest absolute Gasteiger partial charge is 0.342 e. The summed E-state index contributed by atoms with van der Waals surface area (Å²) >= 11 is 0. The number of anilines is 1. The number of carbonyl (C=O) groups is 2. The van der Waals surface area contributed by atoms with Crippen molar-refractivity contribution in [2.24, 2.45) is 11.8 Å². The molecule has 6 nitrogen and oxygen atoms in total. The first-order valence-corrected chi connectivity index (χ1v) is 7.86. The monoisotopic (exact) mass is 338 g/mol. The zero-order chi connectivity index (χ0) is 15.5. The van der Waals surface area contributed by atoms with E-state index in [1.807, 2.05) is 17.9 Å². The van der Waals surface area contributed by atoms with Crippen molar-refractivity contribution in [1.29, 1.82) is 0 Å². The molecule has 1 aromatic rings. The molecule has 126 valence electrons. The number of pyridine rings is 1. The number of hydrogen-bond acceptors (Lipinski definition) is 4. The van der Waals surface area contributed by atoms with E-state index in [2.05, 4.69) is 15.6 Å². The van der Waals surface area contributed by atoms with Crippen molar-refractivity contribution < 1.29 is 9.59 Å². The number of hydrogen-bond donors (Lipinski definition) is 2. The van der Waals surface area contributed by atoms with Crippen LogP contribution in [-0.2, 0) is 9.59 Å². The number of piperidine rings is 1. The molecule has 3 rings (SSSR count). The van der Waals surface area contributed by atoms with Crippen molar-refractivity contribution >= 4 is 30.0 Å². The molecule has 1 atom stereocenters. The summed E-state index contributed by atoms with van der Waals surface area (Å²) in [7, 11) is 0. The standard InChI is InChI=1S/C16H22N4O2.ClH/c1-11-4-5-14(18-7-11)19-15(21)12-3-2-6-20(10-12)16(22)13-8-17-9-13;/h4-5,7,12-13,17H,2-3,6,8-10H2,1H3,(H,18,19,21);1H. The average molecular weight is 339 g/mol. The van der Waals surface area contributed by atoms with E-state index in [1.165, 1.54) is 0 Å². The first-order valence-electron chi connectivity index (χ1n) is 7.86.